The summed E-state index contributed by atoms with van der Waals surface area (Å²) in [4.78, 5) is 0. The van der Waals surface area contributed by atoms with E-state index in [9.17, 15) is 0 Å². The maximum absolute atomic E-state index is 7.17. The zero-order chi connectivity index (χ0) is 16.2. The molecule has 0 bridgehead atoms. The minimum absolute atomic E-state index is 1.34. The van der Waals surface area contributed by atoms with Gasteiger partial charge in [0.25, 0.3) is 0 Å². The fourth-order valence-electron chi connectivity index (χ4n) is 3.57. The summed E-state index contributed by atoms with van der Waals surface area (Å²) in [6.07, 6.45) is 11.0. The van der Waals surface area contributed by atoms with Crippen LogP contribution in [-0.2, 0) is 2.79 Å². The molecule has 0 aromatic heterocycles. The van der Waals surface area contributed by atoms with E-state index >= 15 is 0 Å². The molecule has 0 aromatic carbocycles. The van der Waals surface area contributed by atoms with Crippen LogP contribution in [0.25, 0.3) is 0 Å². The van der Waals surface area contributed by atoms with Gasteiger partial charge in [-0.05, 0) is 0 Å². The van der Waals surface area contributed by atoms with E-state index in [4.69, 9.17) is 2.79 Å². The van der Waals surface area contributed by atoms with Crippen molar-refractivity contribution in [2.75, 3.05) is 0 Å². The molecule has 0 rings (SSSR count). The van der Waals surface area contributed by atoms with E-state index in [1.54, 1.807) is 0 Å². The van der Waals surface area contributed by atoms with Crippen molar-refractivity contribution in [1.82, 2.24) is 0 Å². The Bertz CT molecular complexity index is 235. The van der Waals surface area contributed by atoms with Gasteiger partial charge in [0, 0.05) is 0 Å². The van der Waals surface area contributed by atoms with E-state index in [1.165, 1.54) is 72.4 Å². The molecule has 0 aromatic rings. The summed E-state index contributed by atoms with van der Waals surface area (Å²) in [5.41, 5.74) is 0. The number of hydrogen-bond acceptors (Lipinski definition) is 1. The third-order valence-corrected chi connectivity index (χ3v) is 29.2. The van der Waals surface area contributed by atoms with Gasteiger partial charge < -0.3 is 0 Å². The average Bonchev–Trinajstić information content (AvgIpc) is 2.39. The van der Waals surface area contributed by atoms with E-state index in [2.05, 4.69) is 39.2 Å². The quantitative estimate of drug-likeness (QED) is 0.211. The van der Waals surface area contributed by atoms with E-state index in [1.807, 2.05) is 0 Å². The standard InChI is InChI=1S/C18H42Ge2O/c1-7-11-13-17-19(5,6)21-20(15-9-3,16-10-4)18-14-12-8-2/h7-18H2,1-6H3. The molecule has 128 valence electrons. The van der Waals surface area contributed by atoms with Gasteiger partial charge >= 0.3 is 142 Å². The number of rotatable bonds is 14. The van der Waals surface area contributed by atoms with Gasteiger partial charge in [-0.1, -0.05) is 0 Å². The second kappa shape index (κ2) is 12.5. The maximum atomic E-state index is 7.17. The Morgan fingerprint density at radius 1 is 0.571 bits per heavy atom. The van der Waals surface area contributed by atoms with Crippen LogP contribution in [0.2, 0.25) is 32.5 Å². The predicted octanol–water partition coefficient (Wildman–Crippen LogP) is 7.35. The molecule has 3 heteroatoms. The summed E-state index contributed by atoms with van der Waals surface area (Å²) in [5, 5.41) is 5.83. The Balaban J connectivity index is 4.73. The third-order valence-electron chi connectivity index (χ3n) is 4.52. The molecule has 0 fully saturated rings. The van der Waals surface area contributed by atoms with Crippen LogP contribution < -0.4 is 0 Å². The van der Waals surface area contributed by atoms with Crippen molar-refractivity contribution in [3.05, 3.63) is 0 Å². The number of unbranched alkanes of at least 4 members (excludes halogenated alkanes) is 4. The first-order chi connectivity index (χ1) is 9.95. The Morgan fingerprint density at radius 3 is 1.48 bits per heavy atom. The van der Waals surface area contributed by atoms with Crippen LogP contribution >= 0.6 is 0 Å². The topological polar surface area (TPSA) is 9.23 Å². The summed E-state index contributed by atoms with van der Waals surface area (Å²) in [6, 6.07) is 0. The predicted molar refractivity (Wildman–Crippen MR) is 103 cm³/mol. The zero-order valence-electron chi connectivity index (χ0n) is 15.9. The second-order valence-corrected chi connectivity index (χ2v) is 26.7. The molecule has 0 aliphatic carbocycles. The van der Waals surface area contributed by atoms with Crippen molar-refractivity contribution < 1.29 is 2.79 Å². The van der Waals surface area contributed by atoms with Gasteiger partial charge in [0.05, 0.1) is 0 Å². The molecule has 0 spiro atoms. The first kappa shape index (κ1) is 22.0. The van der Waals surface area contributed by atoms with Gasteiger partial charge in [0.15, 0.2) is 0 Å². The summed E-state index contributed by atoms with van der Waals surface area (Å²) in [7, 11) is 0. The molecule has 1 nitrogen and oxygen atoms in total. The molecule has 0 atom stereocenters. The monoisotopic (exact) mass is 422 g/mol. The van der Waals surface area contributed by atoms with Crippen LogP contribution in [0.1, 0.15) is 79.1 Å². The molecule has 0 N–H and O–H groups in total. The van der Waals surface area contributed by atoms with E-state index < -0.39 is 27.2 Å². The first-order valence-corrected chi connectivity index (χ1v) is 21.5. The third kappa shape index (κ3) is 10.4. The molecule has 0 heterocycles. The molecule has 0 saturated carbocycles. The number of hydrogen-bond donors (Lipinski definition) is 0. The first-order valence-electron chi connectivity index (χ1n) is 9.65. The van der Waals surface area contributed by atoms with Crippen molar-refractivity contribution in [3.63, 3.8) is 0 Å². The average molecular weight is 420 g/mol. The molecular weight excluding hydrogens is 377 g/mol. The van der Waals surface area contributed by atoms with Gasteiger partial charge in [-0.3, -0.25) is 0 Å². The summed E-state index contributed by atoms with van der Waals surface area (Å²) in [5.74, 6) is 5.08. The molecule has 21 heavy (non-hydrogen) atoms. The molecule has 0 radical (unpaired) electrons. The summed E-state index contributed by atoms with van der Waals surface area (Å²) < 4.78 is 7.17. The van der Waals surface area contributed by atoms with E-state index in [-0.39, 0.29) is 0 Å². The van der Waals surface area contributed by atoms with Crippen LogP contribution in [0.4, 0.5) is 0 Å². The molecule has 0 unspecified atom stereocenters. The van der Waals surface area contributed by atoms with E-state index in [0.29, 0.717) is 0 Å². The summed E-state index contributed by atoms with van der Waals surface area (Å²) >= 11 is -3.99. The second-order valence-electron chi connectivity index (χ2n) is 7.46. The summed E-state index contributed by atoms with van der Waals surface area (Å²) in [6.45, 7) is 9.37. The molecule has 0 saturated heterocycles. The minimum atomic E-state index is -2.03. The van der Waals surface area contributed by atoms with Crippen LogP contribution in [0, 0.1) is 0 Å². The van der Waals surface area contributed by atoms with Crippen LogP contribution in [0.5, 0.6) is 0 Å². The van der Waals surface area contributed by atoms with Gasteiger partial charge in [0.1, 0.15) is 0 Å². The fourth-order valence-corrected chi connectivity index (χ4v) is 33.7. The van der Waals surface area contributed by atoms with Gasteiger partial charge in [0.2, 0.25) is 0 Å². The molecular formula is C18H42Ge2O. The van der Waals surface area contributed by atoms with Crippen molar-refractivity contribution in [2.45, 2.75) is 112 Å². The fraction of sp³-hybridized carbons (Fsp3) is 1.00. The molecule has 0 amide bonds. The Hall–Kier alpha value is 1.05. The van der Waals surface area contributed by atoms with E-state index in [0.717, 1.165) is 0 Å². The van der Waals surface area contributed by atoms with Crippen LogP contribution in [0.15, 0.2) is 0 Å². The normalized spacial score (nSPS) is 12.9. The zero-order valence-corrected chi connectivity index (χ0v) is 20.1. The van der Waals surface area contributed by atoms with Gasteiger partial charge in [-0.15, -0.1) is 0 Å². The van der Waals surface area contributed by atoms with Crippen molar-refractivity contribution in [2.24, 2.45) is 0 Å². The van der Waals surface area contributed by atoms with Crippen LogP contribution in [0.3, 0.4) is 0 Å². The SMILES string of the molecule is CCCC[CH2][Ge]([CH3])([CH3])[O][Ge]([CH2]CC)([CH2]CC)[CH2]CCCC. The van der Waals surface area contributed by atoms with Gasteiger partial charge in [-0.25, -0.2) is 0 Å². The molecule has 0 aliphatic rings. The Morgan fingerprint density at radius 2 is 1.05 bits per heavy atom. The van der Waals surface area contributed by atoms with Gasteiger partial charge in [-0.2, -0.15) is 0 Å². The Kier molecular flexibility index (Phi) is 13.1. The van der Waals surface area contributed by atoms with Crippen molar-refractivity contribution in [3.8, 4) is 0 Å². The van der Waals surface area contributed by atoms with Crippen molar-refractivity contribution in [1.29, 1.82) is 0 Å². The molecule has 0 aliphatic heterocycles. The van der Waals surface area contributed by atoms with Crippen LogP contribution in [-0.4, -0.2) is 27.2 Å². The van der Waals surface area contributed by atoms with Crippen molar-refractivity contribution >= 4 is 27.2 Å². The Labute approximate surface area is 141 Å².